The quantitative estimate of drug-likeness (QED) is 0.742. The fraction of sp³-hybridized carbons (Fsp3) is 0.533. The van der Waals surface area contributed by atoms with Gasteiger partial charge in [0.2, 0.25) is 0 Å². The standard InChI is InChI=1S/C15H20INO3/c1-3-20-14-12(16)9-11(10-13(14)19-2)15(18)17-7-5-4-6-8-17/h9-10H,3-8H2,1-2H3. The van der Waals surface area contributed by atoms with Gasteiger partial charge in [-0.3, -0.25) is 4.79 Å². The van der Waals surface area contributed by atoms with Crippen LogP contribution in [0.3, 0.4) is 0 Å². The van der Waals surface area contributed by atoms with Gasteiger partial charge in [0, 0.05) is 18.7 Å². The first-order chi connectivity index (χ1) is 9.67. The molecule has 2 rings (SSSR count). The minimum Gasteiger partial charge on any atom is -0.493 e. The number of methoxy groups -OCH3 is 1. The predicted molar refractivity (Wildman–Crippen MR) is 86.6 cm³/mol. The zero-order valence-corrected chi connectivity index (χ0v) is 14.1. The van der Waals surface area contributed by atoms with Crippen molar-refractivity contribution in [3.05, 3.63) is 21.3 Å². The van der Waals surface area contributed by atoms with Crippen molar-refractivity contribution in [3.63, 3.8) is 0 Å². The van der Waals surface area contributed by atoms with Crippen LogP contribution >= 0.6 is 22.6 Å². The number of hydrogen-bond donors (Lipinski definition) is 0. The number of rotatable bonds is 4. The van der Waals surface area contributed by atoms with E-state index in [9.17, 15) is 4.79 Å². The smallest absolute Gasteiger partial charge is 0.254 e. The van der Waals surface area contributed by atoms with Crippen LogP contribution in [0.2, 0.25) is 0 Å². The first-order valence-corrected chi connectivity index (χ1v) is 8.04. The topological polar surface area (TPSA) is 38.8 Å². The summed E-state index contributed by atoms with van der Waals surface area (Å²) >= 11 is 2.19. The van der Waals surface area contributed by atoms with E-state index in [-0.39, 0.29) is 5.91 Å². The van der Waals surface area contributed by atoms with Gasteiger partial charge in [0.15, 0.2) is 11.5 Å². The molecular weight excluding hydrogens is 369 g/mol. The summed E-state index contributed by atoms with van der Waals surface area (Å²) in [5.74, 6) is 1.42. The van der Waals surface area contributed by atoms with E-state index < -0.39 is 0 Å². The molecular formula is C15H20INO3. The number of likely N-dealkylation sites (tertiary alicyclic amines) is 1. The molecule has 110 valence electrons. The summed E-state index contributed by atoms with van der Waals surface area (Å²) in [5, 5.41) is 0. The van der Waals surface area contributed by atoms with E-state index in [1.165, 1.54) is 6.42 Å². The predicted octanol–water partition coefficient (Wildman–Crippen LogP) is 3.32. The molecule has 0 unspecified atom stereocenters. The highest BCUT2D eigenvalue weighted by Crippen LogP contribution is 2.34. The monoisotopic (exact) mass is 389 g/mol. The number of nitrogens with zero attached hydrogens (tertiary/aromatic N) is 1. The Morgan fingerprint density at radius 2 is 2.00 bits per heavy atom. The number of carbonyl (C=O) groups is 1. The van der Waals surface area contributed by atoms with Gasteiger partial charge in [-0.05, 0) is 60.9 Å². The van der Waals surface area contributed by atoms with E-state index in [4.69, 9.17) is 9.47 Å². The van der Waals surface area contributed by atoms with E-state index >= 15 is 0 Å². The van der Waals surface area contributed by atoms with E-state index in [1.807, 2.05) is 17.9 Å². The van der Waals surface area contributed by atoms with Gasteiger partial charge in [0.25, 0.3) is 5.91 Å². The number of halogens is 1. The Morgan fingerprint density at radius 3 is 2.60 bits per heavy atom. The Balaban J connectivity index is 2.27. The summed E-state index contributed by atoms with van der Waals surface area (Å²) in [7, 11) is 1.60. The van der Waals surface area contributed by atoms with Crippen LogP contribution in [0.25, 0.3) is 0 Å². The fourth-order valence-electron chi connectivity index (χ4n) is 2.41. The summed E-state index contributed by atoms with van der Waals surface area (Å²) in [6.45, 7) is 4.21. The largest absolute Gasteiger partial charge is 0.493 e. The Labute approximate surface area is 133 Å². The molecule has 1 aliphatic rings. The van der Waals surface area contributed by atoms with Crippen LogP contribution in [-0.2, 0) is 0 Å². The molecule has 1 fully saturated rings. The molecule has 0 atom stereocenters. The van der Waals surface area contributed by atoms with Crippen molar-refractivity contribution in [1.82, 2.24) is 4.90 Å². The lowest BCUT2D eigenvalue weighted by atomic mass is 10.1. The Hall–Kier alpha value is -0.980. The van der Waals surface area contributed by atoms with Crippen LogP contribution in [0.1, 0.15) is 36.5 Å². The van der Waals surface area contributed by atoms with Crippen molar-refractivity contribution < 1.29 is 14.3 Å². The molecule has 1 aliphatic heterocycles. The van der Waals surface area contributed by atoms with Gasteiger partial charge in [0.05, 0.1) is 17.3 Å². The van der Waals surface area contributed by atoms with Crippen molar-refractivity contribution in [3.8, 4) is 11.5 Å². The minimum atomic E-state index is 0.0870. The Bertz CT molecular complexity index is 484. The minimum absolute atomic E-state index is 0.0870. The number of benzene rings is 1. The maximum atomic E-state index is 12.5. The van der Waals surface area contributed by atoms with Crippen LogP contribution < -0.4 is 9.47 Å². The van der Waals surface area contributed by atoms with Gasteiger partial charge in [-0.25, -0.2) is 0 Å². The molecule has 0 aliphatic carbocycles. The average Bonchev–Trinajstić information content (AvgIpc) is 2.49. The molecule has 0 radical (unpaired) electrons. The summed E-state index contributed by atoms with van der Waals surface area (Å²) in [6, 6.07) is 3.66. The molecule has 0 saturated carbocycles. The molecule has 0 N–H and O–H groups in total. The van der Waals surface area contributed by atoms with Crippen LogP contribution in [0, 0.1) is 3.57 Å². The van der Waals surface area contributed by atoms with E-state index in [1.54, 1.807) is 13.2 Å². The zero-order valence-electron chi connectivity index (χ0n) is 11.9. The summed E-state index contributed by atoms with van der Waals surface area (Å²) < 4.78 is 11.8. The lowest BCUT2D eigenvalue weighted by molar-refractivity contribution is 0.0724. The average molecular weight is 389 g/mol. The number of carbonyl (C=O) groups excluding carboxylic acids is 1. The molecule has 1 aromatic rings. The molecule has 20 heavy (non-hydrogen) atoms. The molecule has 1 heterocycles. The highest BCUT2D eigenvalue weighted by atomic mass is 127. The molecule has 5 heteroatoms. The van der Waals surface area contributed by atoms with Crippen molar-refractivity contribution in [2.24, 2.45) is 0 Å². The van der Waals surface area contributed by atoms with Gasteiger partial charge in [-0.2, -0.15) is 0 Å². The normalized spacial score (nSPS) is 15.1. The SMILES string of the molecule is CCOc1c(I)cc(C(=O)N2CCCCC2)cc1OC. The zero-order chi connectivity index (χ0) is 14.5. The molecule has 4 nitrogen and oxygen atoms in total. The van der Waals surface area contributed by atoms with Gasteiger partial charge >= 0.3 is 0 Å². The fourth-order valence-corrected chi connectivity index (χ4v) is 3.16. The number of amides is 1. The van der Waals surface area contributed by atoms with Crippen molar-refractivity contribution in [2.75, 3.05) is 26.8 Å². The summed E-state index contributed by atoms with van der Waals surface area (Å²) in [4.78, 5) is 14.4. The number of ether oxygens (including phenoxy) is 2. The van der Waals surface area contributed by atoms with Gasteiger partial charge in [0.1, 0.15) is 0 Å². The molecule has 0 bridgehead atoms. The van der Waals surface area contributed by atoms with Gasteiger partial charge in [-0.1, -0.05) is 0 Å². The molecule has 0 aromatic heterocycles. The highest BCUT2D eigenvalue weighted by Gasteiger charge is 2.21. The Kier molecular flexibility index (Phi) is 5.51. The number of hydrogen-bond acceptors (Lipinski definition) is 3. The van der Waals surface area contributed by atoms with E-state index in [0.717, 1.165) is 29.5 Å². The molecule has 0 spiro atoms. The third-order valence-corrected chi connectivity index (χ3v) is 4.21. The van der Waals surface area contributed by atoms with Crippen LogP contribution in [-0.4, -0.2) is 37.6 Å². The van der Waals surface area contributed by atoms with Gasteiger partial charge < -0.3 is 14.4 Å². The molecule has 1 amide bonds. The summed E-state index contributed by atoms with van der Waals surface area (Å²) in [5.41, 5.74) is 0.677. The summed E-state index contributed by atoms with van der Waals surface area (Å²) in [6.07, 6.45) is 3.40. The lowest BCUT2D eigenvalue weighted by Gasteiger charge is -2.27. The maximum absolute atomic E-state index is 12.5. The first kappa shape index (κ1) is 15.4. The van der Waals surface area contributed by atoms with E-state index in [2.05, 4.69) is 22.6 Å². The van der Waals surface area contributed by atoms with E-state index in [0.29, 0.717) is 23.7 Å². The van der Waals surface area contributed by atoms with Crippen molar-refractivity contribution in [2.45, 2.75) is 26.2 Å². The second-order valence-corrected chi connectivity index (χ2v) is 5.94. The van der Waals surface area contributed by atoms with Crippen LogP contribution in [0.4, 0.5) is 0 Å². The van der Waals surface area contributed by atoms with Crippen LogP contribution in [0.5, 0.6) is 11.5 Å². The second kappa shape index (κ2) is 7.15. The lowest BCUT2D eigenvalue weighted by Crippen LogP contribution is -2.35. The Morgan fingerprint density at radius 1 is 1.30 bits per heavy atom. The third kappa shape index (κ3) is 3.37. The third-order valence-electron chi connectivity index (χ3n) is 3.41. The van der Waals surface area contributed by atoms with Gasteiger partial charge in [-0.15, -0.1) is 0 Å². The molecule has 1 aromatic carbocycles. The number of piperidine rings is 1. The van der Waals surface area contributed by atoms with Crippen molar-refractivity contribution in [1.29, 1.82) is 0 Å². The molecule has 1 saturated heterocycles. The second-order valence-electron chi connectivity index (χ2n) is 4.78. The maximum Gasteiger partial charge on any atom is 0.254 e. The first-order valence-electron chi connectivity index (χ1n) is 6.97. The van der Waals surface area contributed by atoms with Crippen LogP contribution in [0.15, 0.2) is 12.1 Å². The van der Waals surface area contributed by atoms with Crippen molar-refractivity contribution >= 4 is 28.5 Å². The highest BCUT2D eigenvalue weighted by molar-refractivity contribution is 14.1.